The van der Waals surface area contributed by atoms with Gasteiger partial charge in [-0.2, -0.15) is 0 Å². The first-order chi connectivity index (χ1) is 8.15. The Morgan fingerprint density at radius 1 is 1.41 bits per heavy atom. The van der Waals surface area contributed by atoms with Crippen molar-refractivity contribution in [2.24, 2.45) is 11.8 Å². The summed E-state index contributed by atoms with van der Waals surface area (Å²) < 4.78 is 5.25. The van der Waals surface area contributed by atoms with E-state index in [-0.39, 0.29) is 24.3 Å². The molecule has 1 heterocycles. The highest BCUT2D eigenvalue weighted by Gasteiger charge is 2.20. The van der Waals surface area contributed by atoms with Gasteiger partial charge < -0.3 is 15.2 Å². The van der Waals surface area contributed by atoms with Crippen LogP contribution in [-0.2, 0) is 9.53 Å². The molecule has 1 saturated heterocycles. The highest BCUT2D eigenvalue weighted by atomic mass is 16.5. The van der Waals surface area contributed by atoms with Gasteiger partial charge in [-0.1, -0.05) is 13.8 Å². The Kier molecular flexibility index (Phi) is 6.47. The summed E-state index contributed by atoms with van der Waals surface area (Å²) in [5.41, 5.74) is 0. The Balaban J connectivity index is 2.18. The molecule has 1 amide bonds. The maximum absolute atomic E-state index is 11.7. The van der Waals surface area contributed by atoms with Gasteiger partial charge in [0, 0.05) is 26.2 Å². The van der Waals surface area contributed by atoms with Crippen LogP contribution in [0.25, 0.3) is 0 Å². The molecule has 0 saturated carbocycles. The predicted octanol–water partition coefficient (Wildman–Crippen LogP) is -0.301. The van der Waals surface area contributed by atoms with Crippen LogP contribution in [0.15, 0.2) is 0 Å². The maximum atomic E-state index is 11.7. The van der Waals surface area contributed by atoms with Crippen molar-refractivity contribution in [2.45, 2.75) is 13.8 Å². The summed E-state index contributed by atoms with van der Waals surface area (Å²) in [6.07, 6.45) is 0. The summed E-state index contributed by atoms with van der Waals surface area (Å²) in [4.78, 5) is 14.0. The first kappa shape index (κ1) is 14.4. The zero-order chi connectivity index (χ0) is 12.7. The van der Waals surface area contributed by atoms with E-state index in [1.165, 1.54) is 0 Å². The lowest BCUT2D eigenvalue weighted by atomic mass is 9.96. The minimum Gasteiger partial charge on any atom is -0.396 e. The molecule has 0 spiro atoms. The van der Waals surface area contributed by atoms with Crippen molar-refractivity contribution >= 4 is 5.91 Å². The van der Waals surface area contributed by atoms with Crippen LogP contribution in [-0.4, -0.2) is 61.9 Å². The third-order valence-corrected chi connectivity index (χ3v) is 3.17. The first-order valence-electron chi connectivity index (χ1n) is 6.33. The van der Waals surface area contributed by atoms with Gasteiger partial charge in [0.15, 0.2) is 0 Å². The van der Waals surface area contributed by atoms with Crippen LogP contribution in [0.2, 0.25) is 0 Å². The van der Waals surface area contributed by atoms with Gasteiger partial charge in [-0.05, 0) is 5.92 Å². The van der Waals surface area contributed by atoms with Crippen LogP contribution < -0.4 is 5.32 Å². The van der Waals surface area contributed by atoms with Gasteiger partial charge in [0.25, 0.3) is 0 Å². The molecular weight excluding hydrogens is 220 g/mol. The molecule has 0 radical (unpaired) electrons. The van der Waals surface area contributed by atoms with E-state index in [4.69, 9.17) is 9.84 Å². The Morgan fingerprint density at radius 3 is 2.59 bits per heavy atom. The van der Waals surface area contributed by atoms with E-state index in [1.807, 2.05) is 13.8 Å². The number of nitrogens with zero attached hydrogens (tertiary/aromatic N) is 1. The maximum Gasteiger partial charge on any atom is 0.225 e. The average molecular weight is 244 g/mol. The molecule has 2 N–H and O–H groups in total. The van der Waals surface area contributed by atoms with Gasteiger partial charge in [0.05, 0.1) is 25.7 Å². The van der Waals surface area contributed by atoms with E-state index in [2.05, 4.69) is 10.2 Å². The van der Waals surface area contributed by atoms with Crippen molar-refractivity contribution in [1.82, 2.24) is 10.2 Å². The lowest BCUT2D eigenvalue weighted by Crippen LogP contribution is -2.43. The number of nitrogens with one attached hydrogen (secondary N) is 1. The van der Waals surface area contributed by atoms with Crippen molar-refractivity contribution in [3.05, 3.63) is 0 Å². The Morgan fingerprint density at radius 2 is 2.06 bits per heavy atom. The Hall–Kier alpha value is -0.650. The molecule has 5 heteroatoms. The minimum atomic E-state index is -0.292. The number of ether oxygens (including phenoxy) is 1. The van der Waals surface area contributed by atoms with Crippen molar-refractivity contribution in [1.29, 1.82) is 0 Å². The van der Waals surface area contributed by atoms with E-state index >= 15 is 0 Å². The van der Waals surface area contributed by atoms with Gasteiger partial charge in [0.2, 0.25) is 5.91 Å². The van der Waals surface area contributed by atoms with Gasteiger partial charge in [-0.25, -0.2) is 0 Å². The standard InChI is InChI=1S/C12H24N2O3/c1-10(2)11(9-15)12(16)13-3-4-14-5-7-17-8-6-14/h10-11,15H,3-9H2,1-2H3,(H,13,16). The van der Waals surface area contributed by atoms with Crippen molar-refractivity contribution in [3.8, 4) is 0 Å². The van der Waals surface area contributed by atoms with Crippen LogP contribution in [0.5, 0.6) is 0 Å². The fourth-order valence-corrected chi connectivity index (χ4v) is 1.89. The van der Waals surface area contributed by atoms with Crippen LogP contribution in [0.1, 0.15) is 13.8 Å². The summed E-state index contributed by atoms with van der Waals surface area (Å²) in [5, 5.41) is 12.0. The number of rotatable bonds is 6. The van der Waals surface area contributed by atoms with Crippen LogP contribution in [0.4, 0.5) is 0 Å². The number of aliphatic hydroxyl groups is 1. The van der Waals surface area contributed by atoms with Crippen LogP contribution in [0, 0.1) is 11.8 Å². The zero-order valence-electron chi connectivity index (χ0n) is 10.8. The number of carbonyl (C=O) groups excluding carboxylic acids is 1. The second kappa shape index (κ2) is 7.63. The van der Waals surface area contributed by atoms with Crippen molar-refractivity contribution in [2.75, 3.05) is 46.0 Å². The molecule has 1 fully saturated rings. The Bertz CT molecular complexity index is 228. The number of morpholine rings is 1. The molecule has 0 aliphatic carbocycles. The lowest BCUT2D eigenvalue weighted by Gasteiger charge is -2.27. The third kappa shape index (κ3) is 5.02. The lowest BCUT2D eigenvalue weighted by molar-refractivity contribution is -0.127. The summed E-state index contributed by atoms with van der Waals surface area (Å²) in [5.74, 6) is -0.168. The van der Waals surface area contributed by atoms with E-state index in [9.17, 15) is 4.79 Å². The molecule has 0 aromatic carbocycles. The number of hydrogen-bond acceptors (Lipinski definition) is 4. The summed E-state index contributed by atoms with van der Waals surface area (Å²) in [7, 11) is 0. The summed E-state index contributed by atoms with van der Waals surface area (Å²) >= 11 is 0. The zero-order valence-corrected chi connectivity index (χ0v) is 10.8. The van der Waals surface area contributed by atoms with Gasteiger partial charge in [-0.3, -0.25) is 9.69 Å². The number of hydrogen-bond donors (Lipinski definition) is 2. The average Bonchev–Trinajstić information content (AvgIpc) is 2.30. The molecule has 0 aromatic heterocycles. The summed E-state index contributed by atoms with van der Waals surface area (Å²) in [6.45, 7) is 8.73. The molecule has 1 aliphatic heterocycles. The fourth-order valence-electron chi connectivity index (χ4n) is 1.89. The highest BCUT2D eigenvalue weighted by molar-refractivity contribution is 5.78. The number of aliphatic hydroxyl groups excluding tert-OH is 1. The number of amides is 1. The monoisotopic (exact) mass is 244 g/mol. The van der Waals surface area contributed by atoms with Crippen molar-refractivity contribution < 1.29 is 14.6 Å². The molecule has 1 unspecified atom stereocenters. The SMILES string of the molecule is CC(C)C(CO)C(=O)NCCN1CCOCC1. The topological polar surface area (TPSA) is 61.8 Å². The quantitative estimate of drug-likeness (QED) is 0.673. The van der Waals surface area contributed by atoms with E-state index < -0.39 is 0 Å². The molecule has 0 bridgehead atoms. The van der Waals surface area contributed by atoms with E-state index in [0.29, 0.717) is 6.54 Å². The van der Waals surface area contributed by atoms with Gasteiger partial charge in [-0.15, -0.1) is 0 Å². The van der Waals surface area contributed by atoms with Crippen molar-refractivity contribution in [3.63, 3.8) is 0 Å². The second-order valence-corrected chi connectivity index (χ2v) is 4.78. The molecule has 100 valence electrons. The summed E-state index contributed by atoms with van der Waals surface area (Å²) in [6, 6.07) is 0. The Labute approximate surface area is 103 Å². The van der Waals surface area contributed by atoms with E-state index in [1.54, 1.807) is 0 Å². The molecule has 1 rings (SSSR count). The fraction of sp³-hybridized carbons (Fsp3) is 0.917. The van der Waals surface area contributed by atoms with Crippen LogP contribution >= 0.6 is 0 Å². The molecule has 1 atom stereocenters. The third-order valence-electron chi connectivity index (χ3n) is 3.17. The van der Waals surface area contributed by atoms with Gasteiger partial charge >= 0.3 is 0 Å². The normalized spacial score (nSPS) is 19.3. The second-order valence-electron chi connectivity index (χ2n) is 4.78. The minimum absolute atomic E-state index is 0.0456. The smallest absolute Gasteiger partial charge is 0.225 e. The molecule has 17 heavy (non-hydrogen) atoms. The predicted molar refractivity (Wildman–Crippen MR) is 65.7 cm³/mol. The molecule has 1 aliphatic rings. The molecule has 5 nitrogen and oxygen atoms in total. The first-order valence-corrected chi connectivity index (χ1v) is 6.33. The molecule has 0 aromatic rings. The molecular formula is C12H24N2O3. The number of carbonyl (C=O) groups is 1. The van der Waals surface area contributed by atoms with Gasteiger partial charge in [0.1, 0.15) is 0 Å². The largest absolute Gasteiger partial charge is 0.396 e. The highest BCUT2D eigenvalue weighted by Crippen LogP contribution is 2.09. The van der Waals surface area contributed by atoms with E-state index in [0.717, 1.165) is 32.8 Å². The van der Waals surface area contributed by atoms with Crippen LogP contribution in [0.3, 0.4) is 0 Å².